The lowest BCUT2D eigenvalue weighted by Crippen LogP contribution is -2.31. The van der Waals surface area contributed by atoms with E-state index in [0.29, 0.717) is 12.3 Å². The molecular formula is C44H63O6P2+. The van der Waals surface area contributed by atoms with Crippen LogP contribution in [0.3, 0.4) is 0 Å². The average Bonchev–Trinajstić information content (AvgIpc) is 3.13. The summed E-state index contributed by atoms with van der Waals surface area (Å²) in [6.45, 7) is 8.98. The molecule has 0 radical (unpaired) electrons. The minimum Gasteiger partial charge on any atom is -0.328 e. The largest absolute Gasteiger partial charge is 0.419 e. The van der Waals surface area contributed by atoms with E-state index < -0.39 is 27.3 Å². The normalized spacial score (nSPS) is 12.3. The smallest absolute Gasteiger partial charge is 0.328 e. The van der Waals surface area contributed by atoms with Crippen molar-refractivity contribution in [3.63, 3.8) is 0 Å². The van der Waals surface area contributed by atoms with Crippen molar-refractivity contribution in [2.45, 2.75) is 116 Å². The number of hydrogen-bond donors (Lipinski definition) is 5. The molecule has 0 saturated heterocycles. The number of hydrogen-bond acceptors (Lipinski definition) is 6. The molecule has 8 heteroatoms. The highest BCUT2D eigenvalue weighted by molar-refractivity contribution is 7.60. The SMILES string of the molecule is CC(C)CCCCCCC(OP(O)O)(c1ccccc1)c1ccccc1.CC(C)CCCCCCC(c1ccccc1)(c1ccccc1)[P+](O)(O)O. The fraction of sp³-hybridized carbons (Fsp3) is 0.455. The first-order valence-corrected chi connectivity index (χ1v) is 21.9. The lowest BCUT2D eigenvalue weighted by atomic mass is 9.82. The molecule has 0 bridgehead atoms. The molecule has 0 aliphatic rings. The second-order valence-electron chi connectivity index (χ2n) is 14.8. The second kappa shape index (κ2) is 22.7. The van der Waals surface area contributed by atoms with Crippen LogP contribution in [0, 0.1) is 11.8 Å². The van der Waals surface area contributed by atoms with Crippen LogP contribution in [0.1, 0.15) is 127 Å². The van der Waals surface area contributed by atoms with Gasteiger partial charge in [0.25, 0.3) is 0 Å². The predicted octanol–water partition coefficient (Wildman–Crippen LogP) is 11.8. The van der Waals surface area contributed by atoms with Gasteiger partial charge in [0.05, 0.1) is 0 Å². The molecule has 0 saturated carbocycles. The van der Waals surface area contributed by atoms with Gasteiger partial charge in [0.2, 0.25) is 5.16 Å². The predicted molar refractivity (Wildman–Crippen MR) is 218 cm³/mol. The molecule has 5 N–H and O–H groups in total. The van der Waals surface area contributed by atoms with Crippen LogP contribution in [0.4, 0.5) is 0 Å². The Morgan fingerprint density at radius 2 is 0.808 bits per heavy atom. The van der Waals surface area contributed by atoms with Crippen LogP contribution in [0.15, 0.2) is 121 Å². The van der Waals surface area contributed by atoms with Gasteiger partial charge in [-0.15, -0.1) is 0 Å². The summed E-state index contributed by atoms with van der Waals surface area (Å²) in [7, 11) is -6.64. The molecule has 0 aliphatic carbocycles. The Hall–Kier alpha value is -2.50. The molecule has 0 atom stereocenters. The molecule has 52 heavy (non-hydrogen) atoms. The monoisotopic (exact) mass is 749 g/mol. The average molecular weight is 750 g/mol. The fourth-order valence-electron chi connectivity index (χ4n) is 7.11. The van der Waals surface area contributed by atoms with Crippen LogP contribution in [0.5, 0.6) is 0 Å². The summed E-state index contributed by atoms with van der Waals surface area (Å²) in [6.07, 6.45) is 12.4. The molecule has 0 aliphatic heterocycles. The van der Waals surface area contributed by atoms with E-state index in [4.69, 9.17) is 4.52 Å². The van der Waals surface area contributed by atoms with E-state index in [1.54, 1.807) is 0 Å². The molecule has 6 nitrogen and oxygen atoms in total. The van der Waals surface area contributed by atoms with Gasteiger partial charge >= 0.3 is 16.5 Å². The highest BCUT2D eigenvalue weighted by atomic mass is 31.2. The summed E-state index contributed by atoms with van der Waals surface area (Å²) in [6, 6.07) is 38.7. The van der Waals surface area contributed by atoms with E-state index in [1.807, 2.05) is 121 Å². The van der Waals surface area contributed by atoms with Gasteiger partial charge in [-0.1, -0.05) is 200 Å². The third-order valence-corrected chi connectivity index (χ3v) is 12.1. The highest BCUT2D eigenvalue weighted by Crippen LogP contribution is 2.68. The van der Waals surface area contributed by atoms with Crippen LogP contribution in [0.2, 0.25) is 0 Å². The Morgan fingerprint density at radius 3 is 1.13 bits per heavy atom. The minimum atomic E-state index is -4.17. The number of rotatable bonds is 21. The molecule has 284 valence electrons. The topological polar surface area (TPSA) is 110 Å². The van der Waals surface area contributed by atoms with E-state index in [0.717, 1.165) is 66.7 Å². The fourth-order valence-corrected chi connectivity index (χ4v) is 9.14. The van der Waals surface area contributed by atoms with E-state index in [9.17, 15) is 24.5 Å². The summed E-state index contributed by atoms with van der Waals surface area (Å²) in [4.78, 5) is 51.0. The summed E-state index contributed by atoms with van der Waals surface area (Å²) in [5.74, 6) is 1.46. The third kappa shape index (κ3) is 13.4. The highest BCUT2D eigenvalue weighted by Gasteiger charge is 2.60. The van der Waals surface area contributed by atoms with Crippen molar-refractivity contribution in [2.24, 2.45) is 11.8 Å². The van der Waals surface area contributed by atoms with Gasteiger partial charge in [0.15, 0.2) is 0 Å². The molecule has 0 fully saturated rings. The zero-order chi connectivity index (χ0) is 37.9. The van der Waals surface area contributed by atoms with Crippen molar-refractivity contribution in [1.82, 2.24) is 0 Å². The van der Waals surface area contributed by atoms with Crippen molar-refractivity contribution in [2.75, 3.05) is 0 Å². The molecule has 4 aromatic carbocycles. The lowest BCUT2D eigenvalue weighted by Gasteiger charge is -2.35. The van der Waals surface area contributed by atoms with Crippen molar-refractivity contribution in [3.05, 3.63) is 144 Å². The Labute approximate surface area is 315 Å². The van der Waals surface area contributed by atoms with Crippen LogP contribution < -0.4 is 0 Å². The molecule has 0 unspecified atom stereocenters. The first-order chi connectivity index (χ1) is 24.9. The van der Waals surface area contributed by atoms with Crippen LogP contribution in [-0.2, 0) is 15.3 Å². The first-order valence-electron chi connectivity index (χ1n) is 19.1. The quantitative estimate of drug-likeness (QED) is 0.0428. The summed E-state index contributed by atoms with van der Waals surface area (Å²) in [5, 5.41) is -1.16. The molecule has 0 spiro atoms. The van der Waals surface area contributed by atoms with E-state index >= 15 is 0 Å². The van der Waals surface area contributed by atoms with Gasteiger partial charge in [-0.3, -0.25) is 4.52 Å². The van der Waals surface area contributed by atoms with Crippen molar-refractivity contribution in [3.8, 4) is 0 Å². The van der Waals surface area contributed by atoms with Crippen LogP contribution in [0.25, 0.3) is 0 Å². The van der Waals surface area contributed by atoms with Gasteiger partial charge in [-0.25, -0.2) is 0 Å². The Morgan fingerprint density at radius 1 is 0.481 bits per heavy atom. The van der Waals surface area contributed by atoms with Crippen molar-refractivity contribution >= 4 is 16.5 Å². The van der Waals surface area contributed by atoms with Gasteiger partial charge in [0, 0.05) is 17.5 Å². The maximum atomic E-state index is 10.5. The van der Waals surface area contributed by atoms with E-state index in [1.165, 1.54) is 32.1 Å². The minimum absolute atomic E-state index is 0.514. The zero-order valence-corrected chi connectivity index (χ0v) is 33.5. The lowest BCUT2D eigenvalue weighted by molar-refractivity contribution is 0.0790. The van der Waals surface area contributed by atoms with Crippen molar-refractivity contribution < 1.29 is 29.0 Å². The Balaban J connectivity index is 0.000000280. The first kappa shape index (κ1) is 43.9. The maximum Gasteiger partial charge on any atom is 0.419 e. The van der Waals surface area contributed by atoms with Crippen LogP contribution in [-0.4, -0.2) is 24.5 Å². The van der Waals surface area contributed by atoms with Gasteiger partial charge in [-0.2, -0.15) is 14.7 Å². The number of benzene rings is 4. The second-order valence-corrected chi connectivity index (χ2v) is 17.3. The summed E-state index contributed by atoms with van der Waals surface area (Å²) >= 11 is 0. The standard InChI is InChI=1S/C22H32O3P.C22H31O3P/c1-19(2)13-7-3-4-12-18-22(26(23,24)25,20-14-8-5-9-15-20)21-16-10-6-11-17-21;1-19(2)13-7-3-4-12-18-22(25-26(23)24,20-14-8-5-9-15-20)21-16-10-6-11-17-21/h5-6,8-11,14-17,19,23-25H,3-4,7,12-13,18H2,1-2H3;5-6,8-11,14-17,19,23-24H,3-4,7,12-13,18H2,1-2H3/q+1;. The maximum absolute atomic E-state index is 10.5. The number of unbranched alkanes of at least 4 members (excludes halogenated alkanes) is 6. The molecule has 0 heterocycles. The van der Waals surface area contributed by atoms with Crippen LogP contribution >= 0.6 is 16.5 Å². The summed E-state index contributed by atoms with van der Waals surface area (Å²) in [5.41, 5.74) is 2.62. The van der Waals surface area contributed by atoms with E-state index in [-0.39, 0.29) is 0 Å². The van der Waals surface area contributed by atoms with Crippen molar-refractivity contribution in [1.29, 1.82) is 0 Å². The molecular weight excluding hydrogens is 686 g/mol. The Bertz CT molecular complexity index is 1400. The van der Waals surface area contributed by atoms with Gasteiger partial charge < -0.3 is 9.79 Å². The van der Waals surface area contributed by atoms with Gasteiger partial charge in [0.1, 0.15) is 5.60 Å². The molecule has 0 amide bonds. The third-order valence-electron chi connectivity index (χ3n) is 9.86. The zero-order valence-electron chi connectivity index (χ0n) is 31.7. The molecule has 0 aromatic heterocycles. The van der Waals surface area contributed by atoms with Gasteiger partial charge in [-0.05, 0) is 42.2 Å². The Kier molecular flexibility index (Phi) is 19.1. The summed E-state index contributed by atoms with van der Waals surface area (Å²) < 4.78 is 5.83. The molecule has 4 aromatic rings. The molecule has 4 rings (SSSR count). The van der Waals surface area contributed by atoms with E-state index in [2.05, 4.69) is 27.7 Å².